The van der Waals surface area contributed by atoms with Crippen LogP contribution in [0.2, 0.25) is 0 Å². The van der Waals surface area contributed by atoms with Crippen molar-refractivity contribution in [3.8, 4) is 0 Å². The van der Waals surface area contributed by atoms with Gasteiger partial charge in [-0.2, -0.15) is 0 Å². The number of alkyl carbamates (subject to hydrolysis) is 1. The second-order valence-corrected chi connectivity index (χ2v) is 7.24. The molecular weight excluding hydrogens is 338 g/mol. The van der Waals surface area contributed by atoms with Gasteiger partial charge in [0.2, 0.25) is 0 Å². The van der Waals surface area contributed by atoms with Gasteiger partial charge in [0, 0.05) is 32.3 Å². The highest BCUT2D eigenvalue weighted by molar-refractivity contribution is 5.96. The molecule has 0 bridgehead atoms. The molecule has 2 amide bonds. The Labute approximate surface area is 150 Å². The molecule has 1 aliphatic heterocycles. The van der Waals surface area contributed by atoms with E-state index in [1.54, 1.807) is 51.0 Å². The van der Waals surface area contributed by atoms with Crippen LogP contribution in [0, 0.1) is 0 Å². The first kappa shape index (κ1) is 17.8. The number of nitrogens with zero attached hydrogens (tertiary/aromatic N) is 2. The van der Waals surface area contributed by atoms with Crippen LogP contribution in [0.5, 0.6) is 0 Å². The quantitative estimate of drug-likeness (QED) is 0.709. The maximum absolute atomic E-state index is 12.6. The Kier molecular flexibility index (Phi) is 4.17. The molecule has 1 atom stereocenters. The SMILES string of the molecule is CN(c1cc2c(N)nccc2o1)[C@@]1(NC(=O)OC(C)(C)C)CCNC1=O. The molecule has 0 radical (unpaired) electrons. The van der Waals surface area contributed by atoms with Gasteiger partial charge in [-0.3, -0.25) is 10.1 Å². The number of aromatic nitrogens is 1. The number of ether oxygens (including phenoxy) is 1. The molecule has 0 saturated carbocycles. The largest absolute Gasteiger partial charge is 0.444 e. The Morgan fingerprint density at radius 3 is 2.81 bits per heavy atom. The van der Waals surface area contributed by atoms with E-state index in [1.165, 1.54) is 0 Å². The van der Waals surface area contributed by atoms with Crippen LogP contribution in [0.3, 0.4) is 0 Å². The van der Waals surface area contributed by atoms with E-state index in [1.807, 2.05) is 0 Å². The molecule has 0 unspecified atom stereocenters. The van der Waals surface area contributed by atoms with E-state index in [0.29, 0.717) is 35.6 Å². The van der Waals surface area contributed by atoms with Crippen molar-refractivity contribution in [1.82, 2.24) is 15.6 Å². The zero-order valence-electron chi connectivity index (χ0n) is 15.3. The Bertz CT molecular complexity index is 856. The number of furan rings is 1. The molecular formula is C17H23N5O4. The fourth-order valence-electron chi connectivity index (χ4n) is 2.94. The number of rotatable bonds is 3. The first-order valence-corrected chi connectivity index (χ1v) is 8.30. The van der Waals surface area contributed by atoms with Crippen LogP contribution in [0.15, 0.2) is 22.7 Å². The maximum atomic E-state index is 12.6. The molecule has 9 heteroatoms. The van der Waals surface area contributed by atoms with Gasteiger partial charge in [0.1, 0.15) is 17.0 Å². The van der Waals surface area contributed by atoms with Gasteiger partial charge in [0.25, 0.3) is 5.91 Å². The van der Waals surface area contributed by atoms with Crippen molar-refractivity contribution < 1.29 is 18.7 Å². The third-order valence-corrected chi connectivity index (χ3v) is 4.22. The highest BCUT2D eigenvalue weighted by Gasteiger charge is 2.49. The second kappa shape index (κ2) is 6.08. The second-order valence-electron chi connectivity index (χ2n) is 7.24. The number of amides is 2. The van der Waals surface area contributed by atoms with Crippen molar-refractivity contribution in [2.75, 3.05) is 24.2 Å². The topological polar surface area (TPSA) is 123 Å². The number of carbonyl (C=O) groups is 2. The van der Waals surface area contributed by atoms with Crippen molar-refractivity contribution in [2.24, 2.45) is 0 Å². The number of nitrogens with one attached hydrogen (secondary N) is 2. The summed E-state index contributed by atoms with van der Waals surface area (Å²) in [5.41, 5.74) is 4.42. The molecule has 1 saturated heterocycles. The average Bonchev–Trinajstić information content (AvgIpc) is 3.10. The zero-order valence-corrected chi connectivity index (χ0v) is 15.3. The van der Waals surface area contributed by atoms with E-state index in [-0.39, 0.29) is 5.91 Å². The minimum atomic E-state index is -1.32. The lowest BCUT2D eigenvalue weighted by Gasteiger charge is -2.36. The van der Waals surface area contributed by atoms with Crippen LogP contribution >= 0.6 is 0 Å². The van der Waals surface area contributed by atoms with E-state index in [2.05, 4.69) is 15.6 Å². The van der Waals surface area contributed by atoms with Gasteiger partial charge in [0.05, 0.1) is 5.39 Å². The number of pyridine rings is 1. The summed E-state index contributed by atoms with van der Waals surface area (Å²) in [4.78, 5) is 30.5. The van der Waals surface area contributed by atoms with Crippen molar-refractivity contribution >= 4 is 34.7 Å². The molecule has 9 nitrogen and oxygen atoms in total. The Balaban J connectivity index is 1.95. The molecule has 3 rings (SSSR count). The molecule has 0 spiro atoms. The fraction of sp³-hybridized carbons (Fsp3) is 0.471. The summed E-state index contributed by atoms with van der Waals surface area (Å²) in [6, 6.07) is 3.38. The number of nitrogen functional groups attached to an aromatic ring is 1. The number of carbonyl (C=O) groups excluding carboxylic acids is 2. The van der Waals surface area contributed by atoms with E-state index >= 15 is 0 Å². The molecule has 4 N–H and O–H groups in total. The normalized spacial score (nSPS) is 20.1. The number of likely N-dealkylation sites (N-methyl/N-ethyl adjacent to an activating group) is 1. The monoisotopic (exact) mass is 361 g/mol. The predicted octanol–water partition coefficient (Wildman–Crippen LogP) is 1.59. The Hall–Kier alpha value is -2.97. The van der Waals surface area contributed by atoms with Crippen molar-refractivity contribution in [2.45, 2.75) is 38.5 Å². The summed E-state index contributed by atoms with van der Waals surface area (Å²) in [7, 11) is 1.67. The number of fused-ring (bicyclic) bond motifs is 1. The molecule has 26 heavy (non-hydrogen) atoms. The van der Waals surface area contributed by atoms with Gasteiger partial charge in [-0.25, -0.2) is 9.78 Å². The third-order valence-electron chi connectivity index (χ3n) is 4.22. The van der Waals surface area contributed by atoms with Gasteiger partial charge in [0.15, 0.2) is 11.5 Å². The highest BCUT2D eigenvalue weighted by Crippen LogP contribution is 2.33. The van der Waals surface area contributed by atoms with Gasteiger partial charge >= 0.3 is 6.09 Å². The van der Waals surface area contributed by atoms with Gasteiger partial charge in [-0.15, -0.1) is 0 Å². The smallest absolute Gasteiger partial charge is 0.409 e. The maximum Gasteiger partial charge on any atom is 0.409 e. The first-order chi connectivity index (χ1) is 12.1. The molecule has 0 aliphatic carbocycles. The zero-order chi connectivity index (χ0) is 19.1. The summed E-state index contributed by atoms with van der Waals surface area (Å²) in [6.07, 6.45) is 1.22. The Morgan fingerprint density at radius 1 is 1.50 bits per heavy atom. The van der Waals surface area contributed by atoms with Crippen LogP contribution in [-0.4, -0.2) is 41.8 Å². The summed E-state index contributed by atoms with van der Waals surface area (Å²) < 4.78 is 11.1. The third kappa shape index (κ3) is 3.12. The number of hydrogen-bond donors (Lipinski definition) is 3. The van der Waals surface area contributed by atoms with Gasteiger partial charge < -0.3 is 25.1 Å². The minimum absolute atomic E-state index is 0.330. The fourth-order valence-corrected chi connectivity index (χ4v) is 2.94. The van der Waals surface area contributed by atoms with Crippen LogP contribution in [-0.2, 0) is 9.53 Å². The summed E-state index contributed by atoms with van der Waals surface area (Å²) in [5, 5.41) is 6.09. The minimum Gasteiger partial charge on any atom is -0.444 e. The predicted molar refractivity (Wildman–Crippen MR) is 96.6 cm³/mol. The summed E-state index contributed by atoms with van der Waals surface area (Å²) >= 11 is 0. The van der Waals surface area contributed by atoms with E-state index in [9.17, 15) is 9.59 Å². The molecule has 1 fully saturated rings. The first-order valence-electron chi connectivity index (χ1n) is 8.30. The van der Waals surface area contributed by atoms with Crippen LogP contribution in [0.4, 0.5) is 16.5 Å². The van der Waals surface area contributed by atoms with E-state index in [4.69, 9.17) is 14.9 Å². The van der Waals surface area contributed by atoms with Crippen LogP contribution in [0.1, 0.15) is 27.2 Å². The summed E-state index contributed by atoms with van der Waals surface area (Å²) in [5.74, 6) is 0.376. The van der Waals surface area contributed by atoms with Gasteiger partial charge in [-0.1, -0.05) is 0 Å². The standard InChI is InChI=1S/C17H23N5O4/c1-16(2,3)26-15(24)21-17(6-8-20-14(17)23)22(4)12-9-10-11(25-12)5-7-19-13(10)18/h5,7,9H,6,8H2,1-4H3,(H2,18,19)(H,20,23)(H,21,24)/t17-/m0/s1. The summed E-state index contributed by atoms with van der Waals surface area (Å²) in [6.45, 7) is 5.69. The van der Waals surface area contributed by atoms with Crippen LogP contribution < -0.4 is 21.3 Å². The van der Waals surface area contributed by atoms with E-state index in [0.717, 1.165) is 0 Å². The molecule has 0 aromatic carbocycles. The number of nitrogens with two attached hydrogens (primary N) is 1. The lowest BCUT2D eigenvalue weighted by Crippen LogP contribution is -2.64. The molecule has 2 aromatic heterocycles. The highest BCUT2D eigenvalue weighted by atomic mass is 16.6. The van der Waals surface area contributed by atoms with Crippen molar-refractivity contribution in [3.63, 3.8) is 0 Å². The van der Waals surface area contributed by atoms with Gasteiger partial charge in [-0.05, 0) is 26.8 Å². The van der Waals surface area contributed by atoms with Crippen molar-refractivity contribution in [1.29, 1.82) is 0 Å². The lowest BCUT2D eigenvalue weighted by atomic mass is 10.1. The lowest BCUT2D eigenvalue weighted by molar-refractivity contribution is -0.124. The number of anilines is 2. The molecule has 2 aromatic rings. The average molecular weight is 361 g/mol. The number of hydrogen-bond acceptors (Lipinski definition) is 7. The molecule has 3 heterocycles. The molecule has 140 valence electrons. The van der Waals surface area contributed by atoms with Crippen molar-refractivity contribution in [3.05, 3.63) is 18.3 Å². The van der Waals surface area contributed by atoms with Crippen LogP contribution in [0.25, 0.3) is 11.0 Å². The van der Waals surface area contributed by atoms with E-state index < -0.39 is 17.4 Å². The Morgan fingerprint density at radius 2 is 2.23 bits per heavy atom. The molecule has 1 aliphatic rings.